The van der Waals surface area contributed by atoms with Crippen LogP contribution in [-0.4, -0.2) is 11.1 Å². The van der Waals surface area contributed by atoms with Crippen molar-refractivity contribution < 1.29 is 43.8 Å². The molecule has 0 saturated carbocycles. The van der Waals surface area contributed by atoms with Gasteiger partial charge in [-0.25, -0.2) is 4.39 Å². The van der Waals surface area contributed by atoms with Crippen molar-refractivity contribution in [2.75, 3.05) is 0 Å². The minimum Gasteiger partial charge on any atom is -0.481 e. The predicted octanol–water partition coefficient (Wildman–Crippen LogP) is 0.685. The molecule has 92 valence electrons. The first kappa shape index (κ1) is 15.9. The number of carboxylic acid groups (broad SMARTS) is 1. The van der Waals surface area contributed by atoms with Gasteiger partial charge in [0.25, 0.3) is 0 Å². The van der Waals surface area contributed by atoms with Gasteiger partial charge in [0.05, 0.1) is 5.92 Å². The van der Waals surface area contributed by atoms with Crippen LogP contribution in [-0.2, 0) is 4.79 Å². The van der Waals surface area contributed by atoms with Gasteiger partial charge in [0.1, 0.15) is 5.82 Å². The molecule has 2 aromatic rings. The molecule has 19 heavy (non-hydrogen) atoms. The van der Waals surface area contributed by atoms with Gasteiger partial charge in [-0.3, -0.25) is 4.79 Å². The largest absolute Gasteiger partial charge is 1.00 e. The Morgan fingerprint density at radius 3 is 2.32 bits per heavy atom. The van der Waals surface area contributed by atoms with Crippen LogP contribution in [0.25, 0.3) is 11.1 Å². The maximum Gasteiger partial charge on any atom is 1.00 e. The van der Waals surface area contributed by atoms with Gasteiger partial charge >= 0.3 is 35.5 Å². The molecule has 0 bridgehead atoms. The molecule has 1 N–H and O–H groups in total. The summed E-state index contributed by atoms with van der Waals surface area (Å²) in [6.07, 6.45) is 0. The van der Waals surface area contributed by atoms with Gasteiger partial charge in [-0.15, -0.1) is 0 Å². The number of aliphatic carboxylic acids is 1. The molecule has 0 aliphatic heterocycles. The molecule has 0 aromatic heterocycles. The van der Waals surface area contributed by atoms with E-state index >= 15 is 0 Å². The number of hydrogen-bond acceptors (Lipinski definition) is 1. The average molecular weight is 267 g/mol. The molecule has 0 heterocycles. The molecule has 0 spiro atoms. The van der Waals surface area contributed by atoms with Crippen LogP contribution < -0.4 is 29.6 Å². The Balaban J connectivity index is 0.00000180. The quantitative estimate of drug-likeness (QED) is 0.831. The van der Waals surface area contributed by atoms with Crippen molar-refractivity contribution in [2.45, 2.75) is 12.8 Å². The van der Waals surface area contributed by atoms with Gasteiger partial charge in [-0.1, -0.05) is 42.5 Å². The summed E-state index contributed by atoms with van der Waals surface area (Å²) in [5.41, 5.74) is 1.74. The van der Waals surface area contributed by atoms with E-state index in [-0.39, 0.29) is 29.6 Å². The van der Waals surface area contributed by atoms with Gasteiger partial charge in [0.2, 0.25) is 0 Å². The second-order valence-corrected chi connectivity index (χ2v) is 4.17. The second kappa shape index (κ2) is 6.85. The minimum absolute atomic E-state index is 0. The average Bonchev–Trinajstić information content (AvgIpc) is 2.38. The predicted molar refractivity (Wildman–Crippen MR) is 67.9 cm³/mol. The smallest absolute Gasteiger partial charge is 0.481 e. The first-order valence-electron chi connectivity index (χ1n) is 5.67. The van der Waals surface area contributed by atoms with E-state index in [4.69, 9.17) is 5.11 Å². The van der Waals surface area contributed by atoms with Crippen LogP contribution in [0.2, 0.25) is 0 Å². The van der Waals surface area contributed by atoms with Crippen molar-refractivity contribution in [1.29, 1.82) is 0 Å². The molecule has 0 saturated heterocycles. The first-order valence-corrected chi connectivity index (χ1v) is 5.67. The monoisotopic (exact) mass is 267 g/mol. The zero-order valence-corrected chi connectivity index (χ0v) is 12.9. The molecule has 1 unspecified atom stereocenters. The van der Waals surface area contributed by atoms with Gasteiger partial charge in [0, 0.05) is 5.56 Å². The molecule has 2 aromatic carbocycles. The van der Waals surface area contributed by atoms with Crippen molar-refractivity contribution in [2.24, 2.45) is 0 Å². The molecule has 2 rings (SSSR count). The van der Waals surface area contributed by atoms with E-state index in [1.165, 1.54) is 6.07 Å². The van der Waals surface area contributed by atoms with E-state index in [0.29, 0.717) is 11.1 Å². The van der Waals surface area contributed by atoms with E-state index < -0.39 is 17.7 Å². The van der Waals surface area contributed by atoms with Gasteiger partial charge in [0.15, 0.2) is 0 Å². The van der Waals surface area contributed by atoms with E-state index in [1.54, 1.807) is 19.1 Å². The number of benzene rings is 2. The molecule has 0 aliphatic rings. The summed E-state index contributed by atoms with van der Waals surface area (Å²) in [6, 6.07) is 13.7. The molecule has 0 aliphatic carbocycles. The minimum atomic E-state index is -0.957. The molecule has 2 nitrogen and oxygen atoms in total. The third-order valence-electron chi connectivity index (χ3n) is 2.95. The van der Waals surface area contributed by atoms with Gasteiger partial charge in [-0.05, 0) is 24.1 Å². The molecule has 4 heteroatoms. The Kier molecular flexibility index (Phi) is 5.73. The molecule has 1 atom stereocenters. The fourth-order valence-corrected chi connectivity index (χ4v) is 1.80. The van der Waals surface area contributed by atoms with E-state index in [0.717, 1.165) is 5.56 Å². The number of hydrogen-bond donors (Lipinski definition) is 1. The Morgan fingerprint density at radius 2 is 1.79 bits per heavy atom. The maximum absolute atomic E-state index is 14.0. The van der Waals surface area contributed by atoms with Crippen molar-refractivity contribution in [3.8, 4) is 11.1 Å². The van der Waals surface area contributed by atoms with Crippen LogP contribution in [0.5, 0.6) is 0 Å². The summed E-state index contributed by atoms with van der Waals surface area (Å²) in [6.45, 7) is 1.54. The van der Waals surface area contributed by atoms with Gasteiger partial charge in [-0.2, -0.15) is 0 Å². The molecular formula is C15H13FNaO2+. The van der Waals surface area contributed by atoms with Crippen molar-refractivity contribution in [1.82, 2.24) is 0 Å². The Bertz CT molecular complexity index is 570. The zero-order chi connectivity index (χ0) is 13.1. The summed E-state index contributed by atoms with van der Waals surface area (Å²) in [5.74, 6) is -2.06. The number of rotatable bonds is 3. The number of carboxylic acids is 1. The van der Waals surface area contributed by atoms with Crippen LogP contribution in [0, 0.1) is 5.82 Å². The fraction of sp³-hybridized carbons (Fsp3) is 0.133. The standard InChI is InChI=1S/C15H13FO2.Na/c1-10(15(17)18)12-7-8-13(14(16)9-12)11-5-3-2-4-6-11;/h2-10H,1H3,(H,17,18);/q;+1. The summed E-state index contributed by atoms with van der Waals surface area (Å²) >= 11 is 0. The third kappa shape index (κ3) is 3.66. The summed E-state index contributed by atoms with van der Waals surface area (Å²) in [5, 5.41) is 8.89. The zero-order valence-electron chi connectivity index (χ0n) is 10.9. The van der Waals surface area contributed by atoms with E-state index in [2.05, 4.69) is 0 Å². The molecule has 0 radical (unpaired) electrons. The molecule has 0 amide bonds. The number of carbonyl (C=O) groups is 1. The van der Waals surface area contributed by atoms with E-state index in [1.807, 2.05) is 30.3 Å². The first-order chi connectivity index (χ1) is 8.59. The van der Waals surface area contributed by atoms with Crippen molar-refractivity contribution in [3.05, 3.63) is 59.9 Å². The fourth-order valence-electron chi connectivity index (χ4n) is 1.80. The van der Waals surface area contributed by atoms with E-state index in [9.17, 15) is 9.18 Å². The maximum atomic E-state index is 14.0. The second-order valence-electron chi connectivity index (χ2n) is 4.17. The Labute approximate surface area is 133 Å². The Hall–Kier alpha value is -1.16. The van der Waals surface area contributed by atoms with Crippen LogP contribution in [0.4, 0.5) is 4.39 Å². The van der Waals surface area contributed by atoms with Crippen molar-refractivity contribution >= 4 is 5.97 Å². The van der Waals surface area contributed by atoms with Crippen LogP contribution in [0.3, 0.4) is 0 Å². The molecular weight excluding hydrogens is 254 g/mol. The summed E-state index contributed by atoms with van der Waals surface area (Å²) in [7, 11) is 0. The molecule has 0 fully saturated rings. The van der Waals surface area contributed by atoms with Crippen LogP contribution in [0.1, 0.15) is 18.4 Å². The normalized spacial score (nSPS) is 11.5. The third-order valence-corrected chi connectivity index (χ3v) is 2.95. The topological polar surface area (TPSA) is 37.3 Å². The van der Waals surface area contributed by atoms with Gasteiger partial charge < -0.3 is 5.11 Å². The number of halogens is 1. The van der Waals surface area contributed by atoms with Crippen LogP contribution in [0.15, 0.2) is 48.5 Å². The Morgan fingerprint density at radius 1 is 1.16 bits per heavy atom. The summed E-state index contributed by atoms with van der Waals surface area (Å²) < 4.78 is 14.0. The summed E-state index contributed by atoms with van der Waals surface area (Å²) in [4.78, 5) is 10.8. The SMILES string of the molecule is CC(C(=O)O)c1ccc(-c2ccccc2)c(F)c1.[Na+]. The van der Waals surface area contributed by atoms with Crippen LogP contribution >= 0.6 is 0 Å². The van der Waals surface area contributed by atoms with Crippen molar-refractivity contribution in [3.63, 3.8) is 0 Å².